The molecule has 0 aliphatic heterocycles. The number of aryl methyl sites for hydroxylation is 1. The topological polar surface area (TPSA) is 81.2 Å². The summed E-state index contributed by atoms with van der Waals surface area (Å²) in [4.78, 5) is 14.9. The second-order valence-electron chi connectivity index (χ2n) is 4.75. The van der Waals surface area contributed by atoms with Crippen LogP contribution in [0.25, 0.3) is 22.4 Å². The van der Waals surface area contributed by atoms with Crippen LogP contribution in [-0.4, -0.2) is 17.0 Å². The van der Waals surface area contributed by atoms with Gasteiger partial charge in [0.15, 0.2) is 5.76 Å². The first-order valence-electron chi connectivity index (χ1n) is 6.41. The lowest BCUT2D eigenvalue weighted by Crippen LogP contribution is -1.97. The number of anilines is 1. The van der Waals surface area contributed by atoms with Crippen LogP contribution in [-0.2, 0) is 0 Å². The molecule has 0 radical (unpaired) electrons. The molecule has 0 amide bonds. The van der Waals surface area contributed by atoms with Gasteiger partial charge in [0.2, 0.25) is 0 Å². The van der Waals surface area contributed by atoms with Crippen LogP contribution in [0.3, 0.4) is 0 Å². The van der Waals surface area contributed by atoms with E-state index in [2.05, 4.69) is 10.3 Å². The van der Waals surface area contributed by atoms with Crippen LogP contribution in [0.1, 0.15) is 5.56 Å². The number of rotatable bonds is 3. The summed E-state index contributed by atoms with van der Waals surface area (Å²) in [5.74, 6) is 0.937. The Labute approximate surface area is 120 Å². The molecule has 106 valence electrons. The van der Waals surface area contributed by atoms with Crippen LogP contribution in [0.15, 0.2) is 40.8 Å². The molecule has 0 bridgehead atoms. The molecule has 2 aromatic heterocycles. The lowest BCUT2D eigenvalue weighted by molar-refractivity contribution is -0.384. The van der Waals surface area contributed by atoms with Gasteiger partial charge in [-0.1, -0.05) is 11.6 Å². The van der Waals surface area contributed by atoms with Gasteiger partial charge in [0.05, 0.1) is 11.0 Å². The van der Waals surface area contributed by atoms with Crippen molar-refractivity contribution in [3.8, 4) is 11.5 Å². The van der Waals surface area contributed by atoms with Crippen LogP contribution in [0.5, 0.6) is 0 Å². The van der Waals surface area contributed by atoms with Crippen molar-refractivity contribution >= 4 is 22.5 Å². The first-order valence-corrected chi connectivity index (χ1v) is 6.41. The zero-order valence-corrected chi connectivity index (χ0v) is 11.6. The largest absolute Gasteiger partial charge is 0.454 e. The Bertz CT molecular complexity index is 839. The number of aromatic nitrogens is 1. The maximum atomic E-state index is 11.0. The van der Waals surface area contributed by atoms with E-state index in [0.717, 1.165) is 16.5 Å². The fourth-order valence-electron chi connectivity index (χ4n) is 2.16. The van der Waals surface area contributed by atoms with E-state index in [-0.39, 0.29) is 5.69 Å². The molecule has 0 spiro atoms. The van der Waals surface area contributed by atoms with E-state index in [4.69, 9.17) is 4.42 Å². The number of nitro groups is 1. The Morgan fingerprint density at radius 2 is 2.05 bits per heavy atom. The Balaban J connectivity index is 2.16. The van der Waals surface area contributed by atoms with Crippen molar-refractivity contribution in [1.29, 1.82) is 0 Å². The molecule has 2 heterocycles. The van der Waals surface area contributed by atoms with E-state index >= 15 is 0 Å². The minimum atomic E-state index is -0.446. The fraction of sp³-hybridized carbons (Fsp3) is 0.133. The van der Waals surface area contributed by atoms with Crippen molar-refractivity contribution in [1.82, 2.24) is 4.98 Å². The SMILES string of the molecule is CNc1cc([N+](=O)[O-])cc(-c2cc3cc(C)ccc3o2)n1. The lowest BCUT2D eigenvalue weighted by atomic mass is 10.2. The molecule has 0 saturated carbocycles. The van der Waals surface area contributed by atoms with Gasteiger partial charge in [0.25, 0.3) is 5.69 Å². The molecule has 1 aromatic carbocycles. The molecule has 3 rings (SSSR count). The summed E-state index contributed by atoms with van der Waals surface area (Å²) in [6.45, 7) is 2.00. The zero-order chi connectivity index (χ0) is 15.0. The Kier molecular flexibility index (Phi) is 3.06. The monoisotopic (exact) mass is 283 g/mol. The molecule has 21 heavy (non-hydrogen) atoms. The number of nitrogens with zero attached hydrogens (tertiary/aromatic N) is 2. The van der Waals surface area contributed by atoms with Gasteiger partial charge in [-0.2, -0.15) is 0 Å². The molecule has 0 saturated heterocycles. The molecular formula is C15H13N3O3. The van der Waals surface area contributed by atoms with Crippen molar-refractivity contribution < 1.29 is 9.34 Å². The number of pyridine rings is 1. The van der Waals surface area contributed by atoms with E-state index in [9.17, 15) is 10.1 Å². The van der Waals surface area contributed by atoms with Crippen molar-refractivity contribution in [3.63, 3.8) is 0 Å². The van der Waals surface area contributed by atoms with Gasteiger partial charge >= 0.3 is 0 Å². The van der Waals surface area contributed by atoms with Crippen molar-refractivity contribution in [2.24, 2.45) is 0 Å². The minimum Gasteiger partial charge on any atom is -0.454 e. The van der Waals surface area contributed by atoms with E-state index in [0.29, 0.717) is 17.3 Å². The van der Waals surface area contributed by atoms with Gasteiger partial charge in [-0.25, -0.2) is 4.98 Å². The highest BCUT2D eigenvalue weighted by Gasteiger charge is 2.15. The van der Waals surface area contributed by atoms with Crippen LogP contribution >= 0.6 is 0 Å². The zero-order valence-electron chi connectivity index (χ0n) is 11.6. The highest BCUT2D eigenvalue weighted by molar-refractivity contribution is 5.83. The fourth-order valence-corrected chi connectivity index (χ4v) is 2.16. The van der Waals surface area contributed by atoms with Crippen LogP contribution in [0.2, 0.25) is 0 Å². The van der Waals surface area contributed by atoms with Gasteiger partial charge in [-0.15, -0.1) is 0 Å². The highest BCUT2D eigenvalue weighted by Crippen LogP contribution is 2.30. The predicted octanol–water partition coefficient (Wildman–Crippen LogP) is 3.75. The van der Waals surface area contributed by atoms with Crippen molar-refractivity contribution in [2.75, 3.05) is 12.4 Å². The third-order valence-electron chi connectivity index (χ3n) is 3.20. The second kappa shape index (κ2) is 4.90. The lowest BCUT2D eigenvalue weighted by Gasteiger charge is -2.02. The highest BCUT2D eigenvalue weighted by atomic mass is 16.6. The maximum absolute atomic E-state index is 11.0. The number of benzene rings is 1. The third-order valence-corrected chi connectivity index (χ3v) is 3.20. The summed E-state index contributed by atoms with van der Waals surface area (Å²) in [5.41, 5.74) is 2.26. The first kappa shape index (κ1) is 13.1. The minimum absolute atomic E-state index is 0.0269. The third kappa shape index (κ3) is 2.43. The number of hydrogen-bond donors (Lipinski definition) is 1. The summed E-state index contributed by atoms with van der Waals surface area (Å²) in [7, 11) is 1.66. The first-order chi connectivity index (χ1) is 10.1. The Hall–Kier alpha value is -2.89. The molecule has 1 N–H and O–H groups in total. The van der Waals surface area contributed by atoms with E-state index < -0.39 is 4.92 Å². The van der Waals surface area contributed by atoms with E-state index in [1.54, 1.807) is 7.05 Å². The molecule has 0 fully saturated rings. The van der Waals surface area contributed by atoms with Crippen LogP contribution in [0.4, 0.5) is 11.5 Å². The standard InChI is InChI=1S/C15H13N3O3/c1-9-3-4-13-10(5-9)6-14(21-13)12-7-11(18(19)20)8-15(16-2)17-12/h3-8H,1-2H3,(H,16,17). The van der Waals surface area contributed by atoms with Gasteiger partial charge in [-0.3, -0.25) is 10.1 Å². The Morgan fingerprint density at radius 3 is 2.76 bits per heavy atom. The summed E-state index contributed by atoms with van der Waals surface area (Å²) in [6, 6.07) is 10.5. The summed E-state index contributed by atoms with van der Waals surface area (Å²) >= 11 is 0. The van der Waals surface area contributed by atoms with E-state index in [1.807, 2.05) is 31.2 Å². The number of furan rings is 1. The number of hydrogen-bond acceptors (Lipinski definition) is 5. The average Bonchev–Trinajstić information content (AvgIpc) is 2.89. The molecule has 6 heteroatoms. The summed E-state index contributed by atoms with van der Waals surface area (Å²) in [5, 5.41) is 14.8. The van der Waals surface area contributed by atoms with Crippen molar-refractivity contribution in [3.05, 3.63) is 52.1 Å². The normalized spacial score (nSPS) is 10.8. The smallest absolute Gasteiger partial charge is 0.275 e. The van der Waals surface area contributed by atoms with E-state index in [1.165, 1.54) is 12.1 Å². The van der Waals surface area contributed by atoms with Crippen LogP contribution < -0.4 is 5.32 Å². The number of nitrogens with one attached hydrogen (secondary N) is 1. The molecular weight excluding hydrogens is 270 g/mol. The number of fused-ring (bicyclic) bond motifs is 1. The molecule has 0 aliphatic carbocycles. The van der Waals surface area contributed by atoms with Crippen LogP contribution in [0, 0.1) is 17.0 Å². The second-order valence-corrected chi connectivity index (χ2v) is 4.75. The average molecular weight is 283 g/mol. The van der Waals surface area contributed by atoms with Gasteiger partial charge in [0, 0.05) is 18.5 Å². The van der Waals surface area contributed by atoms with Gasteiger partial charge in [-0.05, 0) is 25.1 Å². The summed E-state index contributed by atoms with van der Waals surface area (Å²) in [6.07, 6.45) is 0. The van der Waals surface area contributed by atoms with Gasteiger partial charge < -0.3 is 9.73 Å². The Morgan fingerprint density at radius 1 is 1.24 bits per heavy atom. The molecule has 3 aromatic rings. The predicted molar refractivity (Wildman–Crippen MR) is 80.4 cm³/mol. The molecule has 0 unspecified atom stereocenters. The molecule has 0 aliphatic rings. The molecule has 6 nitrogen and oxygen atoms in total. The maximum Gasteiger partial charge on any atom is 0.275 e. The van der Waals surface area contributed by atoms with Crippen molar-refractivity contribution in [2.45, 2.75) is 6.92 Å². The quantitative estimate of drug-likeness (QED) is 0.584. The van der Waals surface area contributed by atoms with Gasteiger partial charge in [0.1, 0.15) is 17.1 Å². The molecule has 0 atom stereocenters. The summed E-state index contributed by atoms with van der Waals surface area (Å²) < 4.78 is 5.73.